The number of rotatable bonds is 2. The van der Waals surface area contributed by atoms with Crippen LogP contribution in [0.1, 0.15) is 44.5 Å². The fourth-order valence-corrected chi connectivity index (χ4v) is 2.27. The average molecular weight is 236 g/mol. The van der Waals surface area contributed by atoms with E-state index in [9.17, 15) is 0 Å². The molecule has 4 heteroatoms. The molecule has 1 aliphatic carbocycles. The molecule has 1 aliphatic rings. The van der Waals surface area contributed by atoms with Crippen LogP contribution in [0.15, 0.2) is 12.3 Å². The van der Waals surface area contributed by atoms with Crippen LogP contribution in [0.2, 0.25) is 5.02 Å². The van der Waals surface area contributed by atoms with Gasteiger partial charge in [0.15, 0.2) is 5.65 Å². The van der Waals surface area contributed by atoms with Crippen molar-refractivity contribution in [2.24, 2.45) is 0 Å². The van der Waals surface area contributed by atoms with Gasteiger partial charge in [-0.15, -0.1) is 0 Å². The van der Waals surface area contributed by atoms with Gasteiger partial charge >= 0.3 is 0 Å². The zero-order valence-corrected chi connectivity index (χ0v) is 10.2. The van der Waals surface area contributed by atoms with Gasteiger partial charge in [0.2, 0.25) is 0 Å². The minimum Gasteiger partial charge on any atom is -0.310 e. The second-order valence-electron chi connectivity index (χ2n) is 4.70. The van der Waals surface area contributed by atoms with Crippen molar-refractivity contribution in [3.63, 3.8) is 0 Å². The van der Waals surface area contributed by atoms with Crippen LogP contribution in [-0.4, -0.2) is 14.5 Å². The van der Waals surface area contributed by atoms with Gasteiger partial charge in [0.25, 0.3) is 0 Å². The summed E-state index contributed by atoms with van der Waals surface area (Å²) in [4.78, 5) is 9.07. The molecule has 0 bridgehead atoms. The van der Waals surface area contributed by atoms with E-state index in [2.05, 4.69) is 28.4 Å². The Morgan fingerprint density at radius 3 is 2.81 bits per heavy atom. The van der Waals surface area contributed by atoms with Crippen molar-refractivity contribution in [3.05, 3.63) is 23.1 Å². The Hall–Kier alpha value is -1.09. The topological polar surface area (TPSA) is 30.7 Å². The summed E-state index contributed by atoms with van der Waals surface area (Å²) < 4.78 is 2.24. The fourth-order valence-electron chi connectivity index (χ4n) is 2.11. The predicted molar refractivity (Wildman–Crippen MR) is 64.9 cm³/mol. The number of nitrogens with zero attached hydrogens (tertiary/aromatic N) is 3. The highest BCUT2D eigenvalue weighted by atomic mass is 35.5. The number of hydrogen-bond donors (Lipinski definition) is 0. The van der Waals surface area contributed by atoms with Gasteiger partial charge in [0, 0.05) is 18.2 Å². The van der Waals surface area contributed by atoms with Crippen molar-refractivity contribution < 1.29 is 0 Å². The molecule has 84 valence electrons. The van der Waals surface area contributed by atoms with Gasteiger partial charge in [-0.1, -0.05) is 11.6 Å². The first-order chi connectivity index (χ1) is 7.66. The quantitative estimate of drug-likeness (QED) is 0.797. The minimum absolute atomic E-state index is 0.397. The van der Waals surface area contributed by atoms with Crippen molar-refractivity contribution in [1.29, 1.82) is 0 Å². The number of pyridine rings is 1. The summed E-state index contributed by atoms with van der Waals surface area (Å²) in [7, 11) is 0. The van der Waals surface area contributed by atoms with Crippen molar-refractivity contribution in [2.45, 2.75) is 38.6 Å². The molecule has 1 saturated carbocycles. The van der Waals surface area contributed by atoms with E-state index in [1.165, 1.54) is 18.7 Å². The summed E-state index contributed by atoms with van der Waals surface area (Å²) in [5.41, 5.74) is 1.88. The van der Waals surface area contributed by atoms with Gasteiger partial charge in [-0.3, -0.25) is 0 Å². The first kappa shape index (κ1) is 10.1. The van der Waals surface area contributed by atoms with Gasteiger partial charge in [-0.2, -0.15) is 0 Å². The highest BCUT2D eigenvalue weighted by Crippen LogP contribution is 2.41. The zero-order valence-electron chi connectivity index (χ0n) is 9.44. The van der Waals surface area contributed by atoms with E-state index in [-0.39, 0.29) is 0 Å². The molecule has 3 nitrogen and oxygen atoms in total. The lowest BCUT2D eigenvalue weighted by Gasteiger charge is -2.11. The first-order valence-electron chi connectivity index (χ1n) is 5.70. The van der Waals surface area contributed by atoms with E-state index in [0.717, 1.165) is 11.2 Å². The molecule has 0 aliphatic heterocycles. The van der Waals surface area contributed by atoms with E-state index in [1.807, 2.05) is 6.07 Å². The molecule has 16 heavy (non-hydrogen) atoms. The summed E-state index contributed by atoms with van der Waals surface area (Å²) >= 11 is 5.94. The van der Waals surface area contributed by atoms with Crippen molar-refractivity contribution in [1.82, 2.24) is 14.5 Å². The maximum atomic E-state index is 5.94. The molecule has 3 rings (SSSR count). The lowest BCUT2D eigenvalue weighted by atomic mass is 10.3. The van der Waals surface area contributed by atoms with Crippen LogP contribution in [0.25, 0.3) is 11.2 Å². The molecular formula is C12H14ClN3. The van der Waals surface area contributed by atoms with Gasteiger partial charge in [-0.05, 0) is 32.8 Å². The molecule has 0 N–H and O–H groups in total. The summed E-state index contributed by atoms with van der Waals surface area (Å²) in [6.45, 7) is 4.34. The van der Waals surface area contributed by atoms with Crippen LogP contribution in [-0.2, 0) is 0 Å². The minimum atomic E-state index is 0.397. The normalized spacial score (nSPS) is 16.2. The summed E-state index contributed by atoms with van der Waals surface area (Å²) in [5.74, 6) is 1.81. The molecule has 0 spiro atoms. The van der Waals surface area contributed by atoms with Gasteiger partial charge in [0.1, 0.15) is 11.3 Å². The molecule has 2 aromatic heterocycles. The van der Waals surface area contributed by atoms with E-state index in [1.54, 1.807) is 6.20 Å². The van der Waals surface area contributed by atoms with Crippen molar-refractivity contribution in [2.75, 3.05) is 0 Å². The largest absolute Gasteiger partial charge is 0.310 e. The van der Waals surface area contributed by atoms with Crippen LogP contribution in [0.5, 0.6) is 0 Å². The van der Waals surface area contributed by atoms with Crippen LogP contribution >= 0.6 is 11.6 Å². The van der Waals surface area contributed by atoms with Crippen LogP contribution in [0.4, 0.5) is 0 Å². The Labute approximate surface area is 99.5 Å². The number of fused-ring (bicyclic) bond motifs is 1. The molecule has 0 amide bonds. The van der Waals surface area contributed by atoms with Gasteiger partial charge in [0.05, 0.1) is 5.02 Å². The SMILES string of the molecule is CC(C)n1c(C2CC2)nc2cc(Cl)cnc21. The predicted octanol–water partition coefficient (Wildman–Crippen LogP) is 3.54. The average Bonchev–Trinajstić information content (AvgIpc) is 2.99. The lowest BCUT2D eigenvalue weighted by molar-refractivity contribution is 0.581. The standard InChI is InChI=1S/C12H14ClN3/c1-7(2)16-11(8-3-4-8)15-10-5-9(13)6-14-12(10)16/h5-8H,3-4H2,1-2H3. The molecule has 1 fully saturated rings. The summed E-state index contributed by atoms with van der Waals surface area (Å²) in [5, 5.41) is 0.656. The number of aromatic nitrogens is 3. The monoisotopic (exact) mass is 235 g/mol. The highest BCUT2D eigenvalue weighted by molar-refractivity contribution is 6.31. The van der Waals surface area contributed by atoms with Crippen LogP contribution < -0.4 is 0 Å². The highest BCUT2D eigenvalue weighted by Gasteiger charge is 2.30. The molecule has 0 atom stereocenters. The molecule has 2 aromatic rings. The molecule has 0 radical (unpaired) electrons. The van der Waals surface area contributed by atoms with Gasteiger partial charge < -0.3 is 4.57 Å². The number of halogens is 1. The third-order valence-electron chi connectivity index (χ3n) is 2.98. The number of hydrogen-bond acceptors (Lipinski definition) is 2. The Kier molecular flexibility index (Phi) is 2.18. The van der Waals surface area contributed by atoms with E-state index in [4.69, 9.17) is 11.6 Å². The Bertz CT molecular complexity index is 540. The van der Waals surface area contributed by atoms with E-state index < -0.39 is 0 Å². The second kappa shape index (κ2) is 3.45. The maximum absolute atomic E-state index is 5.94. The Morgan fingerprint density at radius 1 is 1.44 bits per heavy atom. The Morgan fingerprint density at radius 2 is 2.19 bits per heavy atom. The zero-order chi connectivity index (χ0) is 11.3. The molecule has 0 saturated heterocycles. The van der Waals surface area contributed by atoms with Gasteiger partial charge in [-0.25, -0.2) is 9.97 Å². The molecule has 0 unspecified atom stereocenters. The molecule has 2 heterocycles. The van der Waals surface area contributed by atoms with Crippen LogP contribution in [0, 0.1) is 0 Å². The van der Waals surface area contributed by atoms with E-state index >= 15 is 0 Å². The second-order valence-corrected chi connectivity index (χ2v) is 5.14. The van der Waals surface area contributed by atoms with E-state index in [0.29, 0.717) is 17.0 Å². The van der Waals surface area contributed by atoms with Crippen molar-refractivity contribution >= 4 is 22.8 Å². The first-order valence-corrected chi connectivity index (χ1v) is 6.08. The smallest absolute Gasteiger partial charge is 0.160 e. The lowest BCUT2D eigenvalue weighted by Crippen LogP contribution is -2.05. The van der Waals surface area contributed by atoms with Crippen LogP contribution in [0.3, 0.4) is 0 Å². The summed E-state index contributed by atoms with van der Waals surface area (Å²) in [6, 6.07) is 2.29. The maximum Gasteiger partial charge on any atom is 0.160 e. The summed E-state index contributed by atoms with van der Waals surface area (Å²) in [6.07, 6.45) is 4.20. The molecule has 0 aromatic carbocycles. The Balaban J connectivity index is 2.28. The fraction of sp³-hybridized carbons (Fsp3) is 0.500. The van der Waals surface area contributed by atoms with Crippen molar-refractivity contribution in [3.8, 4) is 0 Å². The number of imidazole rings is 1. The third-order valence-corrected chi connectivity index (χ3v) is 3.19. The molecular weight excluding hydrogens is 222 g/mol. The third kappa shape index (κ3) is 1.50.